The maximum Gasteiger partial charge on any atom is 0.259 e. The summed E-state index contributed by atoms with van der Waals surface area (Å²) in [5.74, 6) is 1.03. The van der Waals surface area contributed by atoms with Crippen molar-refractivity contribution in [3.63, 3.8) is 0 Å². The Morgan fingerprint density at radius 1 is 1.29 bits per heavy atom. The van der Waals surface area contributed by atoms with E-state index in [1.165, 1.54) is 0 Å². The first-order valence-corrected chi connectivity index (χ1v) is 6.99. The number of ether oxygens (including phenoxy) is 2. The lowest BCUT2D eigenvalue weighted by Crippen LogP contribution is -2.50. The molecule has 0 fully saturated rings. The Balaban J connectivity index is 2.51. The van der Waals surface area contributed by atoms with E-state index in [1.807, 2.05) is 20.8 Å². The maximum atomic E-state index is 11.9. The summed E-state index contributed by atoms with van der Waals surface area (Å²) >= 11 is 0. The van der Waals surface area contributed by atoms with Crippen molar-refractivity contribution in [2.24, 2.45) is 5.92 Å². The molecule has 0 aliphatic heterocycles. The Bertz CT molecular complexity index is 505. The highest BCUT2D eigenvalue weighted by atomic mass is 16.5. The molecule has 0 aliphatic carbocycles. The van der Waals surface area contributed by atoms with Gasteiger partial charge in [0.15, 0.2) is 6.61 Å². The van der Waals surface area contributed by atoms with E-state index in [0.29, 0.717) is 12.4 Å². The third-order valence-electron chi connectivity index (χ3n) is 3.29. The number of hydrogen-bond acceptors (Lipinski definition) is 4. The van der Waals surface area contributed by atoms with E-state index in [0.717, 1.165) is 5.75 Å². The molecule has 21 heavy (non-hydrogen) atoms. The molecule has 0 saturated heterocycles. The second kappa shape index (κ2) is 7.53. The lowest BCUT2D eigenvalue weighted by atomic mass is 9.90. The number of nitrogens with one attached hydrogen (secondary N) is 1. The van der Waals surface area contributed by atoms with Crippen LogP contribution in [-0.4, -0.2) is 24.7 Å². The average molecular weight is 290 g/mol. The van der Waals surface area contributed by atoms with Gasteiger partial charge in [-0.3, -0.25) is 4.79 Å². The first kappa shape index (κ1) is 16.8. The standard InChI is InChI=1S/C16H22N2O3/c1-5-20-13-6-8-14(9-7-13)21-10-15(19)18-16(4,11-17)12(2)3/h6-9,12H,5,10H2,1-4H3,(H,18,19)/t16-/m1/s1. The quantitative estimate of drug-likeness (QED) is 0.837. The predicted molar refractivity (Wildman–Crippen MR) is 80.1 cm³/mol. The van der Waals surface area contributed by atoms with Crippen LogP contribution >= 0.6 is 0 Å². The fraction of sp³-hybridized carbons (Fsp3) is 0.500. The van der Waals surface area contributed by atoms with Gasteiger partial charge in [0, 0.05) is 0 Å². The van der Waals surface area contributed by atoms with Crippen molar-refractivity contribution in [2.45, 2.75) is 33.2 Å². The number of carbonyl (C=O) groups is 1. The van der Waals surface area contributed by atoms with E-state index in [4.69, 9.17) is 14.7 Å². The van der Waals surface area contributed by atoms with Crippen LogP contribution in [-0.2, 0) is 4.79 Å². The van der Waals surface area contributed by atoms with Gasteiger partial charge in [0.25, 0.3) is 5.91 Å². The topological polar surface area (TPSA) is 71.3 Å². The monoisotopic (exact) mass is 290 g/mol. The molecule has 5 nitrogen and oxygen atoms in total. The van der Waals surface area contributed by atoms with Gasteiger partial charge < -0.3 is 14.8 Å². The summed E-state index contributed by atoms with van der Waals surface area (Å²) < 4.78 is 10.7. The fourth-order valence-corrected chi connectivity index (χ4v) is 1.57. The maximum absolute atomic E-state index is 11.9. The van der Waals surface area contributed by atoms with Crippen molar-refractivity contribution in [2.75, 3.05) is 13.2 Å². The third-order valence-corrected chi connectivity index (χ3v) is 3.29. The van der Waals surface area contributed by atoms with Crippen LogP contribution in [0.2, 0.25) is 0 Å². The van der Waals surface area contributed by atoms with Gasteiger partial charge in [0.1, 0.15) is 17.0 Å². The van der Waals surface area contributed by atoms with Crippen molar-refractivity contribution in [3.8, 4) is 17.6 Å². The third kappa shape index (κ3) is 4.99. The minimum atomic E-state index is -0.890. The molecule has 0 spiro atoms. The molecule has 1 amide bonds. The molecular formula is C16H22N2O3. The molecule has 0 unspecified atom stereocenters. The molecule has 0 saturated carbocycles. The van der Waals surface area contributed by atoms with E-state index in [2.05, 4.69) is 11.4 Å². The highest BCUT2D eigenvalue weighted by Gasteiger charge is 2.29. The summed E-state index contributed by atoms with van der Waals surface area (Å²) in [6, 6.07) is 9.17. The van der Waals surface area contributed by atoms with Gasteiger partial charge in [-0.2, -0.15) is 5.26 Å². The molecule has 114 valence electrons. The van der Waals surface area contributed by atoms with Crippen LogP contribution < -0.4 is 14.8 Å². The number of nitrogens with zero attached hydrogens (tertiary/aromatic N) is 1. The Kier molecular flexibility index (Phi) is 6.04. The van der Waals surface area contributed by atoms with Crippen molar-refractivity contribution in [1.29, 1.82) is 5.26 Å². The van der Waals surface area contributed by atoms with Crippen molar-refractivity contribution in [3.05, 3.63) is 24.3 Å². The number of rotatable bonds is 7. The first-order chi connectivity index (χ1) is 9.91. The number of carbonyl (C=O) groups excluding carboxylic acids is 1. The van der Waals surface area contributed by atoms with Gasteiger partial charge in [-0.25, -0.2) is 0 Å². The molecule has 1 aromatic carbocycles. The van der Waals surface area contributed by atoms with E-state index >= 15 is 0 Å². The van der Waals surface area contributed by atoms with Gasteiger partial charge in [0.2, 0.25) is 0 Å². The van der Waals surface area contributed by atoms with Gasteiger partial charge in [0.05, 0.1) is 12.7 Å². The molecule has 0 heterocycles. The normalized spacial score (nSPS) is 13.1. The van der Waals surface area contributed by atoms with Gasteiger partial charge in [-0.05, 0) is 44.0 Å². The zero-order valence-electron chi connectivity index (χ0n) is 13.0. The van der Waals surface area contributed by atoms with Crippen molar-refractivity contribution >= 4 is 5.91 Å². The minimum Gasteiger partial charge on any atom is -0.494 e. The molecule has 1 rings (SSSR count). The number of nitriles is 1. The molecule has 1 N–H and O–H groups in total. The minimum absolute atomic E-state index is 0.0110. The van der Waals surface area contributed by atoms with Gasteiger partial charge in [-0.1, -0.05) is 13.8 Å². The second-order valence-electron chi connectivity index (χ2n) is 5.21. The van der Waals surface area contributed by atoms with Gasteiger partial charge >= 0.3 is 0 Å². The van der Waals surface area contributed by atoms with Crippen molar-refractivity contribution in [1.82, 2.24) is 5.32 Å². The average Bonchev–Trinajstić information content (AvgIpc) is 2.46. The Morgan fingerprint density at radius 2 is 1.81 bits per heavy atom. The largest absolute Gasteiger partial charge is 0.494 e. The van der Waals surface area contributed by atoms with E-state index < -0.39 is 5.54 Å². The molecular weight excluding hydrogens is 268 g/mol. The molecule has 0 aromatic heterocycles. The SMILES string of the molecule is CCOc1ccc(OCC(=O)N[C@](C)(C#N)C(C)C)cc1. The molecule has 0 radical (unpaired) electrons. The Hall–Kier alpha value is -2.22. The number of hydrogen-bond donors (Lipinski definition) is 1. The van der Waals surface area contributed by atoms with Crippen LogP contribution in [0.1, 0.15) is 27.7 Å². The Labute approximate surface area is 125 Å². The summed E-state index contributed by atoms with van der Waals surface area (Å²) in [5, 5.41) is 11.8. The van der Waals surface area contributed by atoms with Crippen LogP contribution in [0, 0.1) is 17.2 Å². The Morgan fingerprint density at radius 3 is 2.24 bits per heavy atom. The zero-order chi connectivity index (χ0) is 15.9. The summed E-state index contributed by atoms with van der Waals surface area (Å²) in [6.45, 7) is 7.86. The van der Waals surface area contributed by atoms with Crippen LogP contribution in [0.3, 0.4) is 0 Å². The summed E-state index contributed by atoms with van der Waals surface area (Å²) in [5.41, 5.74) is -0.890. The van der Waals surface area contributed by atoms with Crippen LogP contribution in [0.25, 0.3) is 0 Å². The van der Waals surface area contributed by atoms with Crippen molar-refractivity contribution < 1.29 is 14.3 Å². The lowest BCUT2D eigenvalue weighted by Gasteiger charge is -2.27. The summed E-state index contributed by atoms with van der Waals surface area (Å²) in [7, 11) is 0. The molecule has 5 heteroatoms. The van der Waals surface area contributed by atoms with E-state index in [9.17, 15) is 4.79 Å². The van der Waals surface area contributed by atoms with E-state index in [-0.39, 0.29) is 18.4 Å². The smallest absolute Gasteiger partial charge is 0.259 e. The van der Waals surface area contributed by atoms with Crippen LogP contribution in [0.4, 0.5) is 0 Å². The first-order valence-electron chi connectivity index (χ1n) is 6.99. The highest BCUT2D eigenvalue weighted by Crippen LogP contribution is 2.18. The van der Waals surface area contributed by atoms with Crippen LogP contribution in [0.15, 0.2) is 24.3 Å². The van der Waals surface area contributed by atoms with E-state index in [1.54, 1.807) is 31.2 Å². The lowest BCUT2D eigenvalue weighted by molar-refractivity contribution is -0.124. The highest BCUT2D eigenvalue weighted by molar-refractivity contribution is 5.78. The molecule has 0 bridgehead atoms. The number of amides is 1. The molecule has 0 aliphatic rings. The number of benzene rings is 1. The zero-order valence-corrected chi connectivity index (χ0v) is 13.0. The second-order valence-corrected chi connectivity index (χ2v) is 5.21. The fourth-order valence-electron chi connectivity index (χ4n) is 1.57. The molecule has 1 aromatic rings. The molecule has 1 atom stereocenters. The van der Waals surface area contributed by atoms with Crippen LogP contribution in [0.5, 0.6) is 11.5 Å². The predicted octanol–water partition coefficient (Wildman–Crippen LogP) is 2.52. The van der Waals surface area contributed by atoms with Gasteiger partial charge in [-0.15, -0.1) is 0 Å². The summed E-state index contributed by atoms with van der Waals surface area (Å²) in [6.07, 6.45) is 0. The summed E-state index contributed by atoms with van der Waals surface area (Å²) in [4.78, 5) is 11.9.